The average molecular weight is 392 g/mol. The van der Waals surface area contributed by atoms with Crippen molar-refractivity contribution >= 4 is 22.8 Å². The molecule has 1 fully saturated rings. The second kappa shape index (κ2) is 8.34. The van der Waals surface area contributed by atoms with Crippen LogP contribution in [0.3, 0.4) is 0 Å². The van der Waals surface area contributed by atoms with Gasteiger partial charge in [-0.25, -0.2) is 4.98 Å². The van der Waals surface area contributed by atoms with Crippen molar-refractivity contribution in [3.63, 3.8) is 0 Å². The van der Waals surface area contributed by atoms with Gasteiger partial charge in [0.25, 0.3) is 5.91 Å². The molecule has 1 saturated heterocycles. The SMILES string of the molecule is COc1ccc(CC(=O)N2CCC(NC(=O)c3ccc4nc[nH]c4c3)CC2)cc1. The van der Waals surface area contributed by atoms with E-state index in [1.807, 2.05) is 41.3 Å². The van der Waals surface area contributed by atoms with Gasteiger partial charge >= 0.3 is 0 Å². The van der Waals surface area contributed by atoms with Gasteiger partial charge in [-0.05, 0) is 48.7 Å². The summed E-state index contributed by atoms with van der Waals surface area (Å²) in [6.07, 6.45) is 3.51. The lowest BCUT2D eigenvalue weighted by Crippen LogP contribution is -2.47. The van der Waals surface area contributed by atoms with E-state index in [9.17, 15) is 9.59 Å². The minimum atomic E-state index is -0.0930. The van der Waals surface area contributed by atoms with Crippen LogP contribution in [0.4, 0.5) is 0 Å². The number of hydrogen-bond acceptors (Lipinski definition) is 4. The Morgan fingerprint density at radius 1 is 1.17 bits per heavy atom. The van der Waals surface area contributed by atoms with Crippen molar-refractivity contribution in [3.8, 4) is 5.75 Å². The Kier molecular flexibility index (Phi) is 5.46. The van der Waals surface area contributed by atoms with Crippen molar-refractivity contribution in [1.29, 1.82) is 0 Å². The van der Waals surface area contributed by atoms with E-state index in [4.69, 9.17) is 4.74 Å². The fourth-order valence-corrected chi connectivity index (χ4v) is 3.65. The van der Waals surface area contributed by atoms with Gasteiger partial charge in [0.15, 0.2) is 0 Å². The van der Waals surface area contributed by atoms with Gasteiger partial charge < -0.3 is 19.9 Å². The van der Waals surface area contributed by atoms with Crippen LogP contribution >= 0.6 is 0 Å². The van der Waals surface area contributed by atoms with Crippen molar-refractivity contribution in [2.45, 2.75) is 25.3 Å². The number of likely N-dealkylation sites (tertiary alicyclic amines) is 1. The number of amides is 2. The van der Waals surface area contributed by atoms with Crippen LogP contribution in [-0.4, -0.2) is 52.9 Å². The normalized spacial score (nSPS) is 14.7. The molecule has 0 radical (unpaired) electrons. The number of benzene rings is 2. The molecule has 7 heteroatoms. The molecule has 7 nitrogen and oxygen atoms in total. The fourth-order valence-electron chi connectivity index (χ4n) is 3.65. The lowest BCUT2D eigenvalue weighted by atomic mass is 10.0. The minimum Gasteiger partial charge on any atom is -0.497 e. The van der Waals surface area contributed by atoms with Crippen LogP contribution in [0, 0.1) is 0 Å². The van der Waals surface area contributed by atoms with E-state index in [2.05, 4.69) is 15.3 Å². The summed E-state index contributed by atoms with van der Waals surface area (Å²) in [4.78, 5) is 34.2. The largest absolute Gasteiger partial charge is 0.497 e. The molecular weight excluding hydrogens is 368 g/mol. The minimum absolute atomic E-state index is 0.0741. The van der Waals surface area contributed by atoms with Crippen molar-refractivity contribution in [1.82, 2.24) is 20.2 Å². The molecule has 4 rings (SSSR count). The van der Waals surface area contributed by atoms with Gasteiger partial charge in [-0.15, -0.1) is 0 Å². The molecule has 2 amide bonds. The summed E-state index contributed by atoms with van der Waals surface area (Å²) < 4.78 is 5.15. The molecule has 0 unspecified atom stereocenters. The molecule has 1 aliphatic rings. The van der Waals surface area contributed by atoms with Crippen LogP contribution < -0.4 is 10.1 Å². The average Bonchev–Trinajstić information content (AvgIpc) is 3.22. The smallest absolute Gasteiger partial charge is 0.251 e. The summed E-state index contributed by atoms with van der Waals surface area (Å²) in [7, 11) is 1.62. The van der Waals surface area contributed by atoms with Crippen molar-refractivity contribution in [2.75, 3.05) is 20.2 Å². The maximum atomic E-state index is 12.6. The van der Waals surface area contributed by atoms with Crippen LogP contribution in [0.15, 0.2) is 48.8 Å². The Morgan fingerprint density at radius 3 is 2.66 bits per heavy atom. The van der Waals surface area contributed by atoms with E-state index in [1.165, 1.54) is 0 Å². The molecule has 2 N–H and O–H groups in total. The third kappa shape index (κ3) is 4.39. The number of piperidine rings is 1. The number of nitrogens with one attached hydrogen (secondary N) is 2. The Morgan fingerprint density at radius 2 is 1.93 bits per heavy atom. The summed E-state index contributed by atoms with van der Waals surface area (Å²) >= 11 is 0. The number of carbonyl (C=O) groups is 2. The topological polar surface area (TPSA) is 87.3 Å². The molecule has 0 saturated carbocycles. The predicted octanol–water partition coefficient (Wildman–Crippen LogP) is 2.54. The highest BCUT2D eigenvalue weighted by Gasteiger charge is 2.24. The lowest BCUT2D eigenvalue weighted by molar-refractivity contribution is -0.131. The highest BCUT2D eigenvalue weighted by Crippen LogP contribution is 2.16. The number of rotatable bonds is 5. The maximum absolute atomic E-state index is 12.6. The summed E-state index contributed by atoms with van der Waals surface area (Å²) in [5.41, 5.74) is 3.27. The van der Waals surface area contributed by atoms with Crippen LogP contribution in [0.2, 0.25) is 0 Å². The molecule has 1 aliphatic heterocycles. The summed E-state index contributed by atoms with van der Waals surface area (Å²) in [5, 5.41) is 3.09. The monoisotopic (exact) mass is 392 g/mol. The molecule has 0 bridgehead atoms. The Bertz CT molecular complexity index is 1000. The zero-order chi connectivity index (χ0) is 20.2. The first kappa shape index (κ1) is 19.0. The van der Waals surface area contributed by atoms with E-state index in [0.29, 0.717) is 25.1 Å². The van der Waals surface area contributed by atoms with Crippen LogP contribution in [0.1, 0.15) is 28.8 Å². The highest BCUT2D eigenvalue weighted by atomic mass is 16.5. The molecule has 29 heavy (non-hydrogen) atoms. The third-order valence-electron chi connectivity index (χ3n) is 5.38. The van der Waals surface area contributed by atoms with Crippen molar-refractivity contribution in [3.05, 3.63) is 59.9 Å². The van der Waals surface area contributed by atoms with Crippen molar-refractivity contribution < 1.29 is 14.3 Å². The maximum Gasteiger partial charge on any atom is 0.251 e. The van der Waals surface area contributed by atoms with Crippen LogP contribution in [-0.2, 0) is 11.2 Å². The number of aromatic amines is 1. The first-order chi connectivity index (χ1) is 14.1. The van der Waals surface area contributed by atoms with Gasteiger partial charge in [0, 0.05) is 24.7 Å². The summed E-state index contributed by atoms with van der Waals surface area (Å²) in [6.45, 7) is 1.30. The van der Waals surface area contributed by atoms with E-state index < -0.39 is 0 Å². The number of fused-ring (bicyclic) bond motifs is 1. The second-order valence-corrected chi connectivity index (χ2v) is 7.29. The second-order valence-electron chi connectivity index (χ2n) is 7.29. The van der Waals surface area contributed by atoms with E-state index in [1.54, 1.807) is 19.5 Å². The van der Waals surface area contributed by atoms with Crippen LogP contribution in [0.5, 0.6) is 5.75 Å². The van der Waals surface area contributed by atoms with E-state index in [0.717, 1.165) is 35.2 Å². The number of H-pyrrole nitrogens is 1. The van der Waals surface area contributed by atoms with Gasteiger partial charge in [0.2, 0.25) is 5.91 Å². The van der Waals surface area contributed by atoms with E-state index in [-0.39, 0.29) is 17.9 Å². The Balaban J connectivity index is 1.28. The van der Waals surface area contributed by atoms with Gasteiger partial charge in [0.05, 0.1) is 30.9 Å². The van der Waals surface area contributed by atoms with Gasteiger partial charge in [-0.2, -0.15) is 0 Å². The van der Waals surface area contributed by atoms with Gasteiger partial charge in [0.1, 0.15) is 5.75 Å². The number of carbonyl (C=O) groups excluding carboxylic acids is 2. The quantitative estimate of drug-likeness (QED) is 0.699. The summed E-state index contributed by atoms with van der Waals surface area (Å²) in [6, 6.07) is 13.1. The van der Waals surface area contributed by atoms with Gasteiger partial charge in [-0.1, -0.05) is 12.1 Å². The number of methoxy groups -OCH3 is 1. The number of aromatic nitrogens is 2. The van der Waals surface area contributed by atoms with Gasteiger partial charge in [-0.3, -0.25) is 9.59 Å². The number of ether oxygens (including phenoxy) is 1. The molecule has 2 heterocycles. The molecule has 150 valence electrons. The standard InChI is InChI=1S/C22H24N4O3/c1-29-18-5-2-15(3-6-18)12-21(27)26-10-8-17(9-11-26)25-22(28)16-4-7-19-20(13-16)24-14-23-19/h2-7,13-14,17H,8-12H2,1H3,(H,23,24)(H,25,28). The molecule has 2 aromatic carbocycles. The molecule has 0 spiro atoms. The van der Waals surface area contributed by atoms with Crippen molar-refractivity contribution in [2.24, 2.45) is 0 Å². The Hall–Kier alpha value is -3.35. The highest BCUT2D eigenvalue weighted by molar-refractivity contribution is 5.97. The summed E-state index contributed by atoms with van der Waals surface area (Å²) in [5.74, 6) is 0.804. The van der Waals surface area contributed by atoms with E-state index >= 15 is 0 Å². The zero-order valence-corrected chi connectivity index (χ0v) is 16.4. The number of imidazole rings is 1. The Labute approximate surface area is 169 Å². The molecule has 0 aliphatic carbocycles. The number of nitrogens with zero attached hydrogens (tertiary/aromatic N) is 2. The molecular formula is C22H24N4O3. The first-order valence-electron chi connectivity index (χ1n) is 9.77. The fraction of sp³-hybridized carbons (Fsp3) is 0.318. The molecule has 3 aromatic rings. The lowest BCUT2D eigenvalue weighted by Gasteiger charge is -2.32. The zero-order valence-electron chi connectivity index (χ0n) is 16.4. The van der Waals surface area contributed by atoms with Crippen LogP contribution in [0.25, 0.3) is 11.0 Å². The molecule has 0 atom stereocenters. The predicted molar refractivity (Wildman–Crippen MR) is 110 cm³/mol. The first-order valence-corrected chi connectivity index (χ1v) is 9.77. The number of hydrogen-bond donors (Lipinski definition) is 2. The third-order valence-corrected chi connectivity index (χ3v) is 5.38. The molecule has 1 aromatic heterocycles.